The minimum Gasteiger partial charge on any atom is -0.371 e. The van der Waals surface area contributed by atoms with Crippen molar-refractivity contribution in [3.63, 3.8) is 0 Å². The maximum Gasteiger partial charge on any atom is 0.186 e. The molecule has 3 atom stereocenters. The Hall–Kier alpha value is -0.950. The summed E-state index contributed by atoms with van der Waals surface area (Å²) in [5.74, 6) is 0.786. The zero-order valence-electron chi connectivity index (χ0n) is 18.1. The van der Waals surface area contributed by atoms with Gasteiger partial charge in [0.15, 0.2) is 11.1 Å². The van der Waals surface area contributed by atoms with Crippen molar-refractivity contribution in [2.24, 2.45) is 5.92 Å². The summed E-state index contributed by atoms with van der Waals surface area (Å²) in [5, 5.41) is 3.71. The van der Waals surface area contributed by atoms with Gasteiger partial charge in [0.2, 0.25) is 0 Å². The molecule has 3 saturated heterocycles. The molecule has 6 heteroatoms. The largest absolute Gasteiger partial charge is 0.371 e. The number of nitrogens with one attached hydrogen (secondary N) is 1. The lowest BCUT2D eigenvalue weighted by Crippen LogP contribution is -2.52. The fourth-order valence-electron chi connectivity index (χ4n) is 4.57. The second-order valence-corrected chi connectivity index (χ2v) is 8.50. The monoisotopic (exact) mass is 409 g/mol. The van der Waals surface area contributed by atoms with E-state index in [-0.39, 0.29) is 0 Å². The first-order valence-electron chi connectivity index (χ1n) is 11.1. The van der Waals surface area contributed by atoms with E-state index in [0.29, 0.717) is 4.90 Å². The maximum atomic E-state index is 11.2. The average molecular weight is 410 g/mol. The molecule has 3 aliphatic heterocycles. The zero-order valence-corrected chi connectivity index (χ0v) is 18.9. The number of hydrogen-bond acceptors (Lipinski definition) is 4. The first-order valence-corrected chi connectivity index (χ1v) is 12.2. The van der Waals surface area contributed by atoms with Gasteiger partial charge in [-0.05, 0) is 49.8 Å². The van der Waals surface area contributed by atoms with E-state index in [9.17, 15) is 8.76 Å². The van der Waals surface area contributed by atoms with Crippen molar-refractivity contribution in [1.82, 2.24) is 10.2 Å². The van der Waals surface area contributed by atoms with Crippen LogP contribution in [0.5, 0.6) is 0 Å². The van der Waals surface area contributed by atoms with Crippen LogP contribution in [0.25, 0.3) is 0 Å². The Balaban J connectivity index is 0.000000660. The van der Waals surface area contributed by atoms with Gasteiger partial charge in [0.1, 0.15) is 0 Å². The summed E-state index contributed by atoms with van der Waals surface area (Å²) >= 11 is -1.90. The molecule has 0 aromatic heterocycles. The minimum atomic E-state index is -1.90. The summed E-state index contributed by atoms with van der Waals surface area (Å²) in [5.41, 5.74) is 1.08. The molecule has 0 amide bonds. The smallest absolute Gasteiger partial charge is 0.186 e. The summed E-state index contributed by atoms with van der Waals surface area (Å²) in [6, 6.07) is 8.94. The van der Waals surface area contributed by atoms with Crippen molar-refractivity contribution in [2.75, 3.05) is 37.6 Å². The van der Waals surface area contributed by atoms with Crippen molar-refractivity contribution in [2.45, 2.75) is 70.4 Å². The number of nitrogens with zero attached hydrogens (tertiary/aromatic N) is 2. The van der Waals surface area contributed by atoms with Gasteiger partial charge in [-0.15, -0.1) is 0 Å². The molecule has 0 radical (unpaired) electrons. The van der Waals surface area contributed by atoms with Gasteiger partial charge in [0.05, 0.1) is 4.90 Å². The van der Waals surface area contributed by atoms with E-state index in [0.717, 1.165) is 36.8 Å². The molecular weight excluding hydrogens is 370 g/mol. The third-order valence-electron chi connectivity index (χ3n) is 5.81. The van der Waals surface area contributed by atoms with E-state index in [1.165, 1.54) is 45.3 Å². The summed E-state index contributed by atoms with van der Waals surface area (Å²) in [7, 11) is 0. The van der Waals surface area contributed by atoms with Crippen LogP contribution in [0, 0.1) is 5.92 Å². The van der Waals surface area contributed by atoms with Gasteiger partial charge in [0.25, 0.3) is 0 Å². The number of anilines is 1. The van der Waals surface area contributed by atoms with Gasteiger partial charge in [0, 0.05) is 50.5 Å². The van der Waals surface area contributed by atoms with Gasteiger partial charge in [-0.3, -0.25) is 4.90 Å². The Kier molecular flexibility index (Phi) is 9.92. The first-order chi connectivity index (χ1) is 13.7. The Bertz CT molecular complexity index is 593. The Morgan fingerprint density at radius 1 is 1.04 bits per heavy atom. The Labute approximate surface area is 174 Å². The van der Waals surface area contributed by atoms with Crippen molar-refractivity contribution >= 4 is 16.8 Å². The number of rotatable bonds is 4. The predicted octanol–water partition coefficient (Wildman–Crippen LogP) is 3.97. The summed E-state index contributed by atoms with van der Waals surface area (Å²) in [6.07, 6.45) is 5.13. The Morgan fingerprint density at radius 3 is 2.21 bits per heavy atom. The van der Waals surface area contributed by atoms with Gasteiger partial charge >= 0.3 is 0 Å². The second-order valence-electron chi connectivity index (χ2n) is 7.53. The molecule has 2 N–H and O–H groups in total. The summed E-state index contributed by atoms with van der Waals surface area (Å²) < 4.78 is 20.5. The summed E-state index contributed by atoms with van der Waals surface area (Å²) in [6.45, 7) is 13.8. The standard InChI is InChI=1S/C18H27N3O2S.2C2H6/c22-24(23)18-3-1-2-17(10-18)21-8-6-14(7-9-21)11-20-12-15-4-5-16(13-20)19-15;2*1-2/h1-3,10,14-16,19H,4-9,11-13H2,(H,22,23);2*1-2H3. The molecule has 28 heavy (non-hydrogen) atoms. The number of benzene rings is 1. The molecule has 4 rings (SSSR count). The summed E-state index contributed by atoms with van der Waals surface area (Å²) in [4.78, 5) is 5.52. The van der Waals surface area contributed by atoms with Crippen molar-refractivity contribution in [3.05, 3.63) is 24.3 Å². The van der Waals surface area contributed by atoms with E-state index in [4.69, 9.17) is 0 Å². The van der Waals surface area contributed by atoms with Crippen LogP contribution in [0.15, 0.2) is 29.2 Å². The fraction of sp³-hybridized carbons (Fsp3) is 0.727. The number of fused-ring (bicyclic) bond motifs is 2. The molecule has 5 nitrogen and oxygen atoms in total. The third-order valence-corrected chi connectivity index (χ3v) is 6.46. The fourth-order valence-corrected chi connectivity index (χ4v) is 4.98. The molecule has 3 fully saturated rings. The van der Waals surface area contributed by atoms with Gasteiger partial charge in [-0.1, -0.05) is 33.8 Å². The molecular formula is C22H39N3O2S. The SMILES string of the molecule is CC.CC.O=S(O)c1cccc(N2CCC(CN3CC4CCC(C3)N4)CC2)c1. The highest BCUT2D eigenvalue weighted by Gasteiger charge is 2.33. The molecule has 3 unspecified atom stereocenters. The average Bonchev–Trinajstić information content (AvgIpc) is 3.09. The van der Waals surface area contributed by atoms with E-state index in [2.05, 4.69) is 15.1 Å². The maximum absolute atomic E-state index is 11.2. The number of piperazine rings is 1. The van der Waals surface area contributed by atoms with Crippen LogP contribution >= 0.6 is 0 Å². The third kappa shape index (κ3) is 6.28. The zero-order chi connectivity index (χ0) is 20.5. The van der Waals surface area contributed by atoms with Crippen molar-refractivity contribution < 1.29 is 8.76 Å². The first kappa shape index (κ1) is 23.3. The highest BCUT2D eigenvalue weighted by Crippen LogP contribution is 2.27. The van der Waals surface area contributed by atoms with Crippen LogP contribution in [-0.4, -0.2) is 58.5 Å². The van der Waals surface area contributed by atoms with Crippen LogP contribution in [0.3, 0.4) is 0 Å². The molecule has 1 aromatic carbocycles. The lowest BCUT2D eigenvalue weighted by atomic mass is 9.95. The number of likely N-dealkylation sites (tertiary alicyclic amines) is 1. The molecule has 2 bridgehead atoms. The highest BCUT2D eigenvalue weighted by atomic mass is 32.2. The highest BCUT2D eigenvalue weighted by molar-refractivity contribution is 7.79. The van der Waals surface area contributed by atoms with Crippen molar-refractivity contribution in [1.29, 1.82) is 0 Å². The lowest BCUT2D eigenvalue weighted by Gasteiger charge is -2.39. The predicted molar refractivity (Wildman–Crippen MR) is 119 cm³/mol. The van der Waals surface area contributed by atoms with Crippen molar-refractivity contribution in [3.8, 4) is 0 Å². The topological polar surface area (TPSA) is 55.8 Å². The van der Waals surface area contributed by atoms with Crippen LogP contribution in [0.1, 0.15) is 53.4 Å². The molecule has 0 spiro atoms. The molecule has 1 aromatic rings. The van der Waals surface area contributed by atoms with Crippen LogP contribution < -0.4 is 10.2 Å². The molecule has 160 valence electrons. The van der Waals surface area contributed by atoms with Crippen LogP contribution in [-0.2, 0) is 11.1 Å². The lowest BCUT2D eigenvalue weighted by molar-refractivity contribution is 0.159. The molecule has 0 aliphatic carbocycles. The van der Waals surface area contributed by atoms with Crippen LogP contribution in [0.2, 0.25) is 0 Å². The number of hydrogen-bond donors (Lipinski definition) is 2. The minimum absolute atomic E-state index is 0.492. The van der Waals surface area contributed by atoms with Gasteiger partial charge in [-0.2, -0.15) is 0 Å². The van der Waals surface area contributed by atoms with E-state index >= 15 is 0 Å². The normalized spacial score (nSPS) is 26.0. The van der Waals surface area contributed by atoms with Gasteiger partial charge in [-0.25, -0.2) is 4.21 Å². The molecule has 3 heterocycles. The molecule has 0 saturated carbocycles. The van der Waals surface area contributed by atoms with E-state index in [1.807, 2.05) is 45.9 Å². The van der Waals surface area contributed by atoms with E-state index < -0.39 is 11.1 Å². The Morgan fingerprint density at radius 2 is 1.64 bits per heavy atom. The number of piperidine rings is 1. The van der Waals surface area contributed by atoms with Gasteiger partial charge < -0.3 is 14.8 Å². The quantitative estimate of drug-likeness (QED) is 0.737. The van der Waals surface area contributed by atoms with E-state index in [1.54, 1.807) is 6.07 Å². The second kappa shape index (κ2) is 11.9. The van der Waals surface area contributed by atoms with Crippen LogP contribution in [0.4, 0.5) is 5.69 Å². The molecule has 3 aliphatic rings.